The predicted molar refractivity (Wildman–Crippen MR) is 84.0 cm³/mol. The van der Waals surface area contributed by atoms with Crippen molar-refractivity contribution in [3.8, 4) is 6.07 Å². The van der Waals surface area contributed by atoms with Crippen molar-refractivity contribution in [2.24, 2.45) is 7.05 Å². The maximum Gasteiger partial charge on any atom is 0.303 e. The molecule has 1 saturated heterocycles. The van der Waals surface area contributed by atoms with Crippen molar-refractivity contribution in [1.82, 2.24) is 19.5 Å². The van der Waals surface area contributed by atoms with Gasteiger partial charge in [-0.1, -0.05) is 0 Å². The molecular formula is C15H19FN6O. The summed E-state index contributed by atoms with van der Waals surface area (Å²) in [7, 11) is 1.49. The van der Waals surface area contributed by atoms with Gasteiger partial charge in [0.2, 0.25) is 5.82 Å². The molecule has 0 aromatic carbocycles. The molecular weight excluding hydrogens is 299 g/mol. The zero-order chi connectivity index (χ0) is 16.7. The first-order valence-electron chi connectivity index (χ1n) is 7.57. The topological polar surface area (TPSA) is 78.4 Å². The molecule has 1 fully saturated rings. The van der Waals surface area contributed by atoms with E-state index in [9.17, 15) is 9.18 Å². The fourth-order valence-corrected chi connectivity index (χ4v) is 3.00. The highest BCUT2D eigenvalue weighted by Gasteiger charge is 2.29. The summed E-state index contributed by atoms with van der Waals surface area (Å²) < 4.78 is 17.5. The number of imidazole rings is 1. The summed E-state index contributed by atoms with van der Waals surface area (Å²) in [6.45, 7) is 5.28. The minimum absolute atomic E-state index is 0.0349. The van der Waals surface area contributed by atoms with Gasteiger partial charge in [-0.25, -0.2) is 14.2 Å². The van der Waals surface area contributed by atoms with Gasteiger partial charge in [0, 0.05) is 32.2 Å². The molecule has 2 aromatic heterocycles. The molecule has 8 heteroatoms. The maximum absolute atomic E-state index is 14.8. The van der Waals surface area contributed by atoms with Gasteiger partial charge in [0.1, 0.15) is 5.69 Å². The van der Waals surface area contributed by atoms with Crippen molar-refractivity contribution in [2.75, 3.05) is 18.0 Å². The summed E-state index contributed by atoms with van der Waals surface area (Å²) in [6, 6.07) is 2.25. The molecule has 122 valence electrons. The fourth-order valence-electron chi connectivity index (χ4n) is 3.00. The lowest BCUT2D eigenvalue weighted by atomic mass is 10.1. The van der Waals surface area contributed by atoms with Crippen LogP contribution in [0.1, 0.15) is 19.5 Å². The van der Waals surface area contributed by atoms with E-state index < -0.39 is 11.4 Å². The van der Waals surface area contributed by atoms with Gasteiger partial charge in [0.25, 0.3) is 0 Å². The zero-order valence-electron chi connectivity index (χ0n) is 13.4. The summed E-state index contributed by atoms with van der Waals surface area (Å²) in [4.78, 5) is 18.5. The van der Waals surface area contributed by atoms with Gasteiger partial charge in [-0.2, -0.15) is 9.65 Å². The molecule has 1 N–H and O–H groups in total. The van der Waals surface area contributed by atoms with E-state index in [-0.39, 0.29) is 24.2 Å². The Morgan fingerprint density at radius 2 is 2.26 bits per heavy atom. The zero-order valence-corrected chi connectivity index (χ0v) is 13.4. The quantitative estimate of drug-likeness (QED) is 0.868. The van der Waals surface area contributed by atoms with Crippen LogP contribution in [0.5, 0.6) is 0 Å². The monoisotopic (exact) mass is 318 g/mol. The van der Waals surface area contributed by atoms with E-state index in [1.54, 1.807) is 6.20 Å². The van der Waals surface area contributed by atoms with Gasteiger partial charge in [-0.15, -0.1) is 0 Å². The van der Waals surface area contributed by atoms with Gasteiger partial charge in [0.15, 0.2) is 5.65 Å². The van der Waals surface area contributed by atoms with Crippen LogP contribution in [0.25, 0.3) is 5.65 Å². The number of fused-ring (bicyclic) bond motifs is 1. The van der Waals surface area contributed by atoms with Crippen LogP contribution in [-0.2, 0) is 13.5 Å². The second kappa shape index (κ2) is 5.66. The standard InChI is InChI=1S/C15H19FN6O/c1-9-7-21(10(2)6-18-9)13-12(16)15(23)20(3)22-8-11(4-5-17)19-14(13)22/h8-10,18H,4,6-7H2,1-3H3/t9-,10+/m1/s1. The summed E-state index contributed by atoms with van der Waals surface area (Å²) in [5.41, 5.74) is 0.408. The fraction of sp³-hybridized carbons (Fsp3) is 0.533. The molecule has 1 aliphatic heterocycles. The van der Waals surface area contributed by atoms with Crippen LogP contribution in [0, 0.1) is 17.1 Å². The molecule has 7 nitrogen and oxygen atoms in total. The van der Waals surface area contributed by atoms with Crippen LogP contribution in [0.4, 0.5) is 10.1 Å². The third kappa shape index (κ3) is 2.47. The third-order valence-corrected chi connectivity index (χ3v) is 4.27. The van der Waals surface area contributed by atoms with Crippen LogP contribution in [0.2, 0.25) is 0 Å². The highest BCUT2D eigenvalue weighted by atomic mass is 19.1. The Balaban J connectivity index is 2.26. The summed E-state index contributed by atoms with van der Waals surface area (Å²) in [5, 5.41) is 12.2. The molecule has 0 aliphatic carbocycles. The molecule has 0 saturated carbocycles. The van der Waals surface area contributed by atoms with Crippen molar-refractivity contribution in [3.05, 3.63) is 28.1 Å². The first kappa shape index (κ1) is 15.5. The van der Waals surface area contributed by atoms with Crippen molar-refractivity contribution < 1.29 is 4.39 Å². The molecule has 3 heterocycles. The van der Waals surface area contributed by atoms with Gasteiger partial charge in [0.05, 0.1) is 24.4 Å². The lowest BCUT2D eigenvalue weighted by molar-refractivity contribution is 0.418. The van der Waals surface area contributed by atoms with E-state index in [0.29, 0.717) is 24.4 Å². The molecule has 0 bridgehead atoms. The smallest absolute Gasteiger partial charge is 0.303 e. The van der Waals surface area contributed by atoms with E-state index in [1.165, 1.54) is 16.2 Å². The second-order valence-electron chi connectivity index (χ2n) is 6.04. The van der Waals surface area contributed by atoms with Gasteiger partial charge < -0.3 is 10.2 Å². The molecule has 2 atom stereocenters. The number of hydrogen-bond donors (Lipinski definition) is 1. The highest BCUT2D eigenvalue weighted by molar-refractivity contribution is 5.70. The molecule has 0 radical (unpaired) electrons. The largest absolute Gasteiger partial charge is 0.360 e. The summed E-state index contributed by atoms with van der Waals surface area (Å²) in [6.07, 6.45) is 1.73. The maximum atomic E-state index is 14.8. The Bertz CT molecular complexity index is 848. The van der Waals surface area contributed by atoms with E-state index in [1.807, 2.05) is 24.8 Å². The number of halogens is 1. The molecule has 1 aliphatic rings. The van der Waals surface area contributed by atoms with E-state index >= 15 is 0 Å². The number of anilines is 1. The molecule has 0 amide bonds. The Morgan fingerprint density at radius 1 is 1.52 bits per heavy atom. The number of nitrogens with zero attached hydrogens (tertiary/aromatic N) is 5. The van der Waals surface area contributed by atoms with Crippen LogP contribution in [0.3, 0.4) is 0 Å². The minimum atomic E-state index is -0.796. The summed E-state index contributed by atoms with van der Waals surface area (Å²) in [5.74, 6) is -0.796. The van der Waals surface area contributed by atoms with Crippen molar-refractivity contribution >= 4 is 11.3 Å². The lowest BCUT2D eigenvalue weighted by Crippen LogP contribution is -2.55. The Kier molecular flexibility index (Phi) is 3.82. The first-order chi connectivity index (χ1) is 10.9. The number of hydrogen-bond acceptors (Lipinski definition) is 5. The van der Waals surface area contributed by atoms with Crippen LogP contribution >= 0.6 is 0 Å². The van der Waals surface area contributed by atoms with E-state index in [2.05, 4.69) is 10.3 Å². The predicted octanol–water partition coefficient (Wildman–Crippen LogP) is 0.425. The van der Waals surface area contributed by atoms with Gasteiger partial charge >= 0.3 is 5.56 Å². The molecule has 0 unspecified atom stereocenters. The number of rotatable bonds is 2. The van der Waals surface area contributed by atoms with Gasteiger partial charge in [-0.3, -0.25) is 4.79 Å². The molecule has 3 rings (SSSR count). The van der Waals surface area contributed by atoms with Crippen LogP contribution < -0.4 is 15.8 Å². The third-order valence-electron chi connectivity index (χ3n) is 4.27. The second-order valence-corrected chi connectivity index (χ2v) is 6.04. The Morgan fingerprint density at radius 3 is 2.96 bits per heavy atom. The first-order valence-corrected chi connectivity index (χ1v) is 7.57. The number of aromatic nitrogens is 3. The highest BCUT2D eigenvalue weighted by Crippen LogP contribution is 2.26. The SMILES string of the molecule is C[C@@H]1CN(c2c(F)c(=O)n(C)n3cc(CC#N)nc23)[C@@H](C)CN1. The Hall–Kier alpha value is -2.40. The Labute approximate surface area is 132 Å². The van der Waals surface area contributed by atoms with E-state index in [0.717, 1.165) is 0 Å². The normalized spacial score (nSPS) is 21.6. The van der Waals surface area contributed by atoms with Crippen molar-refractivity contribution in [3.63, 3.8) is 0 Å². The van der Waals surface area contributed by atoms with Crippen molar-refractivity contribution in [2.45, 2.75) is 32.4 Å². The number of piperazine rings is 1. The average molecular weight is 318 g/mol. The summed E-state index contributed by atoms with van der Waals surface area (Å²) >= 11 is 0. The van der Waals surface area contributed by atoms with Gasteiger partial charge in [-0.05, 0) is 13.8 Å². The van der Waals surface area contributed by atoms with Crippen LogP contribution in [0.15, 0.2) is 11.0 Å². The number of nitriles is 1. The number of nitrogens with one attached hydrogen (secondary N) is 1. The van der Waals surface area contributed by atoms with E-state index in [4.69, 9.17) is 5.26 Å². The number of aryl methyl sites for hydroxylation is 1. The molecule has 2 aromatic rings. The lowest BCUT2D eigenvalue weighted by Gasteiger charge is -2.39. The van der Waals surface area contributed by atoms with Crippen LogP contribution in [-0.4, -0.2) is 39.4 Å². The minimum Gasteiger partial charge on any atom is -0.360 e. The molecule has 23 heavy (non-hydrogen) atoms. The average Bonchev–Trinajstić information content (AvgIpc) is 2.93. The molecule has 0 spiro atoms. The van der Waals surface area contributed by atoms with Crippen molar-refractivity contribution in [1.29, 1.82) is 5.26 Å².